The molecule has 2 aliphatic rings. The Morgan fingerprint density at radius 1 is 0.960 bits per heavy atom. The molecule has 1 aromatic rings. The molecular formula is C20H29N3O2. The third-order valence-electron chi connectivity index (χ3n) is 5.41. The third-order valence-corrected chi connectivity index (χ3v) is 5.41. The second kappa shape index (κ2) is 8.48. The van der Waals surface area contributed by atoms with Crippen molar-refractivity contribution in [2.24, 2.45) is 5.73 Å². The van der Waals surface area contributed by atoms with Gasteiger partial charge in [-0.15, -0.1) is 0 Å². The first-order valence-corrected chi connectivity index (χ1v) is 9.58. The average molecular weight is 343 g/mol. The Hall–Kier alpha value is -1.88. The molecule has 0 aromatic heterocycles. The fourth-order valence-corrected chi connectivity index (χ4v) is 3.96. The number of carbonyl (C=O) groups is 2. The van der Waals surface area contributed by atoms with Gasteiger partial charge in [0.15, 0.2) is 0 Å². The number of hydrogen-bond acceptors (Lipinski definition) is 3. The van der Waals surface area contributed by atoms with Gasteiger partial charge < -0.3 is 16.4 Å². The highest BCUT2D eigenvalue weighted by molar-refractivity contribution is 5.94. The molecule has 5 heteroatoms. The maximum Gasteiger partial charge on any atom is 0.251 e. The van der Waals surface area contributed by atoms with Gasteiger partial charge in [-0.2, -0.15) is 0 Å². The molecule has 0 heterocycles. The summed E-state index contributed by atoms with van der Waals surface area (Å²) in [6.07, 6.45) is 8.71. The Balaban J connectivity index is 1.49. The maximum atomic E-state index is 12.5. The fraction of sp³-hybridized carbons (Fsp3) is 0.600. The topological polar surface area (TPSA) is 84.2 Å². The largest absolute Gasteiger partial charge is 0.353 e. The first kappa shape index (κ1) is 17.9. The van der Waals surface area contributed by atoms with Crippen LogP contribution in [0.4, 0.5) is 0 Å². The van der Waals surface area contributed by atoms with E-state index in [1.807, 2.05) is 6.07 Å². The zero-order valence-electron chi connectivity index (χ0n) is 14.9. The predicted octanol–water partition coefficient (Wildman–Crippen LogP) is 2.07. The molecule has 0 aliphatic heterocycles. The molecule has 1 saturated carbocycles. The summed E-state index contributed by atoms with van der Waals surface area (Å²) in [5.41, 5.74) is 8.92. The number of benzene rings is 1. The van der Waals surface area contributed by atoms with Gasteiger partial charge in [-0.1, -0.05) is 6.07 Å². The molecule has 0 radical (unpaired) electrons. The minimum Gasteiger partial charge on any atom is -0.353 e. The molecular weight excluding hydrogens is 314 g/mol. The van der Waals surface area contributed by atoms with Crippen molar-refractivity contribution in [2.45, 2.75) is 69.9 Å². The lowest BCUT2D eigenvalue weighted by atomic mass is 9.89. The van der Waals surface area contributed by atoms with Crippen molar-refractivity contribution in [3.05, 3.63) is 34.9 Å². The second-order valence-corrected chi connectivity index (χ2v) is 7.32. The van der Waals surface area contributed by atoms with Crippen molar-refractivity contribution in [3.63, 3.8) is 0 Å². The van der Waals surface area contributed by atoms with Crippen molar-refractivity contribution < 1.29 is 9.59 Å². The Morgan fingerprint density at radius 3 is 2.28 bits per heavy atom. The van der Waals surface area contributed by atoms with Gasteiger partial charge in [0.1, 0.15) is 0 Å². The van der Waals surface area contributed by atoms with Crippen LogP contribution in [-0.4, -0.2) is 30.4 Å². The minimum atomic E-state index is 0.0315. The van der Waals surface area contributed by atoms with Crippen LogP contribution < -0.4 is 16.4 Å². The summed E-state index contributed by atoms with van der Waals surface area (Å²) in [5.74, 6) is 0.0630. The highest BCUT2D eigenvalue weighted by atomic mass is 16.2. The summed E-state index contributed by atoms with van der Waals surface area (Å²) < 4.78 is 0. The molecule has 0 spiro atoms. The molecule has 0 atom stereocenters. The third kappa shape index (κ3) is 4.82. The highest BCUT2D eigenvalue weighted by Crippen LogP contribution is 2.23. The number of aryl methyl sites for hydroxylation is 2. The van der Waals surface area contributed by atoms with Crippen LogP contribution in [-0.2, 0) is 17.6 Å². The number of carbonyl (C=O) groups excluding carboxylic acids is 2. The van der Waals surface area contributed by atoms with Crippen LogP contribution in [0.25, 0.3) is 0 Å². The number of hydrogen-bond donors (Lipinski definition) is 3. The van der Waals surface area contributed by atoms with E-state index in [1.165, 1.54) is 24.0 Å². The molecule has 0 bridgehead atoms. The number of amides is 2. The van der Waals surface area contributed by atoms with Gasteiger partial charge in [0.05, 0.1) is 0 Å². The van der Waals surface area contributed by atoms with Gasteiger partial charge >= 0.3 is 0 Å². The van der Waals surface area contributed by atoms with E-state index in [4.69, 9.17) is 5.73 Å². The summed E-state index contributed by atoms with van der Waals surface area (Å²) in [7, 11) is 0. The van der Waals surface area contributed by atoms with E-state index >= 15 is 0 Å². The fourth-order valence-electron chi connectivity index (χ4n) is 3.96. The Labute approximate surface area is 149 Å². The minimum absolute atomic E-state index is 0.0315. The van der Waals surface area contributed by atoms with Crippen LogP contribution in [0, 0.1) is 0 Å². The molecule has 4 N–H and O–H groups in total. The zero-order valence-corrected chi connectivity index (χ0v) is 14.9. The molecule has 5 nitrogen and oxygen atoms in total. The maximum absolute atomic E-state index is 12.5. The Bertz CT molecular complexity index is 621. The van der Waals surface area contributed by atoms with Gasteiger partial charge in [0.25, 0.3) is 5.91 Å². The van der Waals surface area contributed by atoms with E-state index in [1.54, 1.807) is 0 Å². The predicted molar refractivity (Wildman–Crippen MR) is 98.4 cm³/mol. The van der Waals surface area contributed by atoms with Crippen molar-refractivity contribution >= 4 is 11.8 Å². The molecule has 1 aromatic carbocycles. The van der Waals surface area contributed by atoms with Crippen LogP contribution >= 0.6 is 0 Å². The lowest BCUT2D eigenvalue weighted by molar-refractivity contribution is -0.121. The molecule has 2 aliphatic carbocycles. The van der Waals surface area contributed by atoms with Crippen molar-refractivity contribution in [2.75, 3.05) is 6.54 Å². The molecule has 0 unspecified atom stereocenters. The summed E-state index contributed by atoms with van der Waals surface area (Å²) >= 11 is 0. The summed E-state index contributed by atoms with van der Waals surface area (Å²) in [5, 5.41) is 6.20. The number of rotatable bonds is 5. The average Bonchev–Trinajstić information content (AvgIpc) is 2.63. The van der Waals surface area contributed by atoms with E-state index in [9.17, 15) is 9.59 Å². The van der Waals surface area contributed by atoms with Gasteiger partial charge in [0, 0.05) is 30.6 Å². The standard InChI is InChI=1S/C20H29N3O2/c21-12-11-19(24)22-17-7-9-18(10-8-17)23-20(25)16-6-5-14-3-1-2-4-15(14)13-16/h5-6,13,17-18H,1-4,7-12,21H2,(H,22,24)(H,23,25)/t17-,18-. The van der Waals surface area contributed by atoms with E-state index in [2.05, 4.69) is 22.8 Å². The first-order chi connectivity index (χ1) is 12.2. The van der Waals surface area contributed by atoms with Gasteiger partial charge in [0.2, 0.25) is 5.91 Å². The molecule has 0 saturated heterocycles. The quantitative estimate of drug-likeness (QED) is 0.765. The molecule has 2 amide bonds. The lowest BCUT2D eigenvalue weighted by Gasteiger charge is -2.29. The highest BCUT2D eigenvalue weighted by Gasteiger charge is 2.24. The lowest BCUT2D eigenvalue weighted by Crippen LogP contribution is -2.44. The SMILES string of the molecule is NCCC(=O)N[C@H]1CC[C@H](NC(=O)c2ccc3c(c2)CCCC3)CC1. The van der Waals surface area contributed by atoms with Gasteiger partial charge in [-0.3, -0.25) is 9.59 Å². The van der Waals surface area contributed by atoms with Crippen LogP contribution in [0.2, 0.25) is 0 Å². The van der Waals surface area contributed by atoms with Crippen molar-refractivity contribution in [3.8, 4) is 0 Å². The Morgan fingerprint density at radius 2 is 1.60 bits per heavy atom. The number of nitrogens with two attached hydrogens (primary N) is 1. The van der Waals surface area contributed by atoms with Crippen LogP contribution in [0.15, 0.2) is 18.2 Å². The van der Waals surface area contributed by atoms with Crippen LogP contribution in [0.3, 0.4) is 0 Å². The van der Waals surface area contributed by atoms with Gasteiger partial charge in [-0.25, -0.2) is 0 Å². The zero-order chi connectivity index (χ0) is 17.6. The normalized spacial score (nSPS) is 22.8. The summed E-state index contributed by atoms with van der Waals surface area (Å²) in [6.45, 7) is 0.387. The van der Waals surface area contributed by atoms with E-state index in [0.717, 1.165) is 44.1 Å². The number of nitrogens with one attached hydrogen (secondary N) is 2. The summed E-state index contributed by atoms with van der Waals surface area (Å²) in [6, 6.07) is 6.57. The number of fused-ring (bicyclic) bond motifs is 1. The van der Waals surface area contributed by atoms with E-state index < -0.39 is 0 Å². The first-order valence-electron chi connectivity index (χ1n) is 9.58. The smallest absolute Gasteiger partial charge is 0.251 e. The van der Waals surface area contributed by atoms with Gasteiger partial charge in [-0.05, 0) is 74.6 Å². The molecule has 1 fully saturated rings. The van der Waals surface area contributed by atoms with Crippen LogP contribution in [0.5, 0.6) is 0 Å². The van der Waals surface area contributed by atoms with E-state index in [0.29, 0.717) is 13.0 Å². The van der Waals surface area contributed by atoms with Crippen LogP contribution in [0.1, 0.15) is 66.4 Å². The second-order valence-electron chi connectivity index (χ2n) is 7.32. The molecule has 25 heavy (non-hydrogen) atoms. The monoisotopic (exact) mass is 343 g/mol. The Kier molecular flexibility index (Phi) is 6.08. The summed E-state index contributed by atoms with van der Waals surface area (Å²) in [4.78, 5) is 24.2. The molecule has 3 rings (SSSR count). The van der Waals surface area contributed by atoms with E-state index in [-0.39, 0.29) is 23.9 Å². The van der Waals surface area contributed by atoms with Crippen molar-refractivity contribution in [1.29, 1.82) is 0 Å². The molecule has 136 valence electrons. The van der Waals surface area contributed by atoms with Crippen molar-refractivity contribution in [1.82, 2.24) is 10.6 Å².